The van der Waals surface area contributed by atoms with E-state index in [-0.39, 0.29) is 11.7 Å². The predicted molar refractivity (Wildman–Crippen MR) is 101 cm³/mol. The second kappa shape index (κ2) is 7.12. The number of nitro benzene ring substituents is 1. The molecule has 8 heteroatoms. The molecule has 0 spiro atoms. The zero-order valence-electron chi connectivity index (χ0n) is 14.0. The van der Waals surface area contributed by atoms with Gasteiger partial charge in [0.15, 0.2) is 0 Å². The summed E-state index contributed by atoms with van der Waals surface area (Å²) in [6.45, 7) is 7.11. The molecule has 1 N–H and O–H groups in total. The van der Waals surface area contributed by atoms with E-state index in [9.17, 15) is 20.0 Å². The van der Waals surface area contributed by atoms with E-state index in [0.717, 1.165) is 28.6 Å². The molecule has 1 amide bonds. The van der Waals surface area contributed by atoms with Crippen LogP contribution in [0.1, 0.15) is 33.6 Å². The summed E-state index contributed by atoms with van der Waals surface area (Å²) in [5.41, 5.74) is 0.519. The van der Waals surface area contributed by atoms with Crippen LogP contribution in [0.2, 0.25) is 0 Å². The Kier molecular flexibility index (Phi) is 5.56. The number of carboxylic acid groups (broad SMARTS) is 1. The van der Waals surface area contributed by atoms with Gasteiger partial charge in [0.1, 0.15) is 0 Å². The Morgan fingerprint density at radius 1 is 1.46 bits per heavy atom. The number of non-ortho nitro benzene ring substituents is 1. The van der Waals surface area contributed by atoms with Crippen molar-refractivity contribution in [1.29, 1.82) is 0 Å². The van der Waals surface area contributed by atoms with Crippen LogP contribution in [0.15, 0.2) is 18.2 Å². The summed E-state index contributed by atoms with van der Waals surface area (Å²) in [5.74, 6) is 0. The van der Waals surface area contributed by atoms with Crippen molar-refractivity contribution < 1.29 is 14.8 Å². The number of nitrogens with zero attached hydrogens (tertiary/aromatic N) is 3. The van der Waals surface area contributed by atoms with Gasteiger partial charge in [-0.1, -0.05) is 0 Å². The number of nitro groups is 1. The first-order valence-electron chi connectivity index (χ1n) is 7.82. The van der Waals surface area contributed by atoms with Gasteiger partial charge in [-0.3, -0.25) is 15.0 Å². The number of carbonyl (C=O) groups is 1. The smallest absolute Gasteiger partial charge is 0.408 e. The van der Waals surface area contributed by atoms with Gasteiger partial charge in [-0.05, 0) is 62.3 Å². The van der Waals surface area contributed by atoms with Crippen molar-refractivity contribution >= 4 is 40.1 Å². The standard InChI is InChI=1S/C16H22IN3O4/c1-16(2,3)19(15(21)22)12-5-4-8-18(10-12)14-7-6-11(20(23)24)9-13(14)17/h6-7,9,12H,4-5,8,10H2,1-3H3,(H,21,22). The van der Waals surface area contributed by atoms with Crippen LogP contribution in [-0.2, 0) is 0 Å². The average Bonchev–Trinajstić information content (AvgIpc) is 2.45. The van der Waals surface area contributed by atoms with Crippen LogP contribution >= 0.6 is 22.6 Å². The molecule has 1 atom stereocenters. The molecular weight excluding hydrogens is 425 g/mol. The largest absolute Gasteiger partial charge is 0.465 e. The molecule has 1 aliphatic heterocycles. The number of hydrogen-bond donors (Lipinski definition) is 1. The molecule has 1 fully saturated rings. The highest BCUT2D eigenvalue weighted by molar-refractivity contribution is 14.1. The van der Waals surface area contributed by atoms with Crippen LogP contribution < -0.4 is 4.90 Å². The van der Waals surface area contributed by atoms with E-state index in [1.165, 1.54) is 11.0 Å². The molecule has 24 heavy (non-hydrogen) atoms. The minimum Gasteiger partial charge on any atom is -0.465 e. The van der Waals surface area contributed by atoms with Gasteiger partial charge in [-0.2, -0.15) is 0 Å². The quantitative estimate of drug-likeness (QED) is 0.431. The Balaban J connectivity index is 2.25. The van der Waals surface area contributed by atoms with Crippen molar-refractivity contribution in [2.24, 2.45) is 0 Å². The molecule has 0 saturated carbocycles. The summed E-state index contributed by atoms with van der Waals surface area (Å²) < 4.78 is 0.806. The Hall–Kier alpha value is -1.58. The minimum absolute atomic E-state index is 0.0681. The third-order valence-corrected chi connectivity index (χ3v) is 5.04. The number of halogens is 1. The van der Waals surface area contributed by atoms with E-state index in [2.05, 4.69) is 27.5 Å². The van der Waals surface area contributed by atoms with Crippen molar-refractivity contribution in [3.05, 3.63) is 31.9 Å². The van der Waals surface area contributed by atoms with Crippen LogP contribution in [0.25, 0.3) is 0 Å². The fraction of sp³-hybridized carbons (Fsp3) is 0.562. The molecule has 132 valence electrons. The second-order valence-electron chi connectivity index (χ2n) is 6.96. The van der Waals surface area contributed by atoms with E-state index in [1.54, 1.807) is 12.1 Å². The van der Waals surface area contributed by atoms with Gasteiger partial charge >= 0.3 is 6.09 Å². The maximum absolute atomic E-state index is 11.7. The predicted octanol–water partition coefficient (Wildman–Crippen LogP) is 3.95. The topological polar surface area (TPSA) is 86.9 Å². The van der Waals surface area contributed by atoms with Crippen LogP contribution in [0.4, 0.5) is 16.2 Å². The highest BCUT2D eigenvalue weighted by atomic mass is 127. The summed E-state index contributed by atoms with van der Waals surface area (Å²) in [6.07, 6.45) is 0.800. The fourth-order valence-corrected chi connectivity index (χ4v) is 4.08. The Morgan fingerprint density at radius 2 is 2.12 bits per heavy atom. The molecule has 1 aromatic rings. The van der Waals surface area contributed by atoms with Crippen molar-refractivity contribution in [3.63, 3.8) is 0 Å². The molecular formula is C16H22IN3O4. The highest BCUT2D eigenvalue weighted by Crippen LogP contribution is 2.31. The van der Waals surface area contributed by atoms with Gasteiger partial charge in [-0.25, -0.2) is 4.79 Å². The molecule has 1 unspecified atom stereocenters. The lowest BCUT2D eigenvalue weighted by Gasteiger charge is -2.44. The molecule has 1 heterocycles. The van der Waals surface area contributed by atoms with E-state index in [4.69, 9.17) is 0 Å². The fourth-order valence-electron chi connectivity index (χ4n) is 3.24. The van der Waals surface area contributed by atoms with Gasteiger partial charge in [0.05, 0.1) is 16.7 Å². The maximum Gasteiger partial charge on any atom is 0.408 e. The molecule has 0 bridgehead atoms. The zero-order chi connectivity index (χ0) is 18.1. The Bertz CT molecular complexity index is 645. The Labute approximate surface area is 154 Å². The average molecular weight is 447 g/mol. The number of benzene rings is 1. The van der Waals surface area contributed by atoms with E-state index < -0.39 is 16.6 Å². The third kappa shape index (κ3) is 4.08. The van der Waals surface area contributed by atoms with Crippen LogP contribution in [0, 0.1) is 13.7 Å². The molecule has 7 nitrogen and oxygen atoms in total. The third-order valence-electron chi connectivity index (χ3n) is 4.17. The zero-order valence-corrected chi connectivity index (χ0v) is 16.2. The van der Waals surface area contributed by atoms with Gasteiger partial charge in [0.25, 0.3) is 5.69 Å². The van der Waals surface area contributed by atoms with Crippen LogP contribution in [-0.4, -0.2) is 45.7 Å². The van der Waals surface area contributed by atoms with Crippen molar-refractivity contribution in [3.8, 4) is 0 Å². The van der Waals surface area contributed by atoms with E-state index >= 15 is 0 Å². The highest BCUT2D eigenvalue weighted by Gasteiger charge is 2.36. The van der Waals surface area contributed by atoms with Crippen molar-refractivity contribution in [2.45, 2.75) is 45.2 Å². The Morgan fingerprint density at radius 3 is 2.62 bits per heavy atom. The first-order chi connectivity index (χ1) is 11.1. The minimum atomic E-state index is -0.909. The molecule has 1 saturated heterocycles. The molecule has 0 aromatic heterocycles. The molecule has 0 aliphatic carbocycles. The summed E-state index contributed by atoms with van der Waals surface area (Å²) in [7, 11) is 0. The number of piperidine rings is 1. The molecule has 1 aromatic carbocycles. The van der Waals surface area contributed by atoms with Crippen LogP contribution in [0.3, 0.4) is 0 Å². The number of rotatable bonds is 3. The molecule has 1 aliphatic rings. The number of hydrogen-bond acceptors (Lipinski definition) is 4. The monoisotopic (exact) mass is 447 g/mol. The summed E-state index contributed by atoms with van der Waals surface area (Å²) >= 11 is 2.10. The molecule has 2 rings (SSSR count). The molecule has 0 radical (unpaired) electrons. The lowest BCUT2D eigenvalue weighted by Crippen LogP contribution is -2.57. The van der Waals surface area contributed by atoms with Crippen molar-refractivity contribution in [2.75, 3.05) is 18.0 Å². The normalized spacial score (nSPS) is 18.3. The van der Waals surface area contributed by atoms with E-state index in [0.29, 0.717) is 6.54 Å². The van der Waals surface area contributed by atoms with Crippen LogP contribution in [0.5, 0.6) is 0 Å². The lowest BCUT2D eigenvalue weighted by atomic mass is 9.97. The van der Waals surface area contributed by atoms with Crippen molar-refractivity contribution in [1.82, 2.24) is 4.90 Å². The van der Waals surface area contributed by atoms with E-state index in [1.807, 2.05) is 20.8 Å². The van der Waals surface area contributed by atoms with Gasteiger partial charge in [-0.15, -0.1) is 0 Å². The summed E-state index contributed by atoms with van der Waals surface area (Å²) in [4.78, 5) is 25.8. The summed E-state index contributed by atoms with van der Waals surface area (Å²) in [6, 6.07) is 4.71. The SMILES string of the molecule is CC(C)(C)N(C(=O)O)C1CCCN(c2ccc([N+](=O)[O-])cc2I)C1. The maximum atomic E-state index is 11.7. The number of amides is 1. The number of anilines is 1. The first kappa shape index (κ1) is 18.8. The summed E-state index contributed by atoms with van der Waals surface area (Å²) in [5, 5.41) is 20.5. The van der Waals surface area contributed by atoms with Gasteiger partial charge in [0, 0.05) is 34.3 Å². The van der Waals surface area contributed by atoms with Gasteiger partial charge in [0.2, 0.25) is 0 Å². The van der Waals surface area contributed by atoms with Gasteiger partial charge < -0.3 is 10.0 Å². The lowest BCUT2D eigenvalue weighted by molar-refractivity contribution is -0.384. The first-order valence-corrected chi connectivity index (χ1v) is 8.90. The second-order valence-corrected chi connectivity index (χ2v) is 8.12.